The van der Waals surface area contributed by atoms with Gasteiger partial charge in [-0.2, -0.15) is 0 Å². The van der Waals surface area contributed by atoms with Crippen molar-refractivity contribution in [2.75, 3.05) is 19.8 Å². The molecule has 1 spiro atoms. The van der Waals surface area contributed by atoms with Crippen LogP contribution in [0.3, 0.4) is 0 Å². The molecule has 2 N–H and O–H groups in total. The van der Waals surface area contributed by atoms with E-state index in [0.29, 0.717) is 11.9 Å². The maximum Gasteiger partial charge on any atom is 0.306 e. The van der Waals surface area contributed by atoms with Crippen molar-refractivity contribution in [3.63, 3.8) is 0 Å². The highest BCUT2D eigenvalue weighted by atomic mass is 79.9. The number of aliphatic hydroxyl groups is 1. The third-order valence-corrected chi connectivity index (χ3v) is 11.3. The van der Waals surface area contributed by atoms with Crippen LogP contribution in [0, 0.1) is 17.8 Å². The summed E-state index contributed by atoms with van der Waals surface area (Å²) in [6, 6.07) is 14.0. The number of halogens is 1. The van der Waals surface area contributed by atoms with Gasteiger partial charge in [0.05, 0.1) is 42.1 Å². The van der Waals surface area contributed by atoms with E-state index in [1.807, 2.05) is 68.4 Å². The zero-order valence-corrected chi connectivity index (χ0v) is 30.9. The lowest BCUT2D eigenvalue weighted by atomic mass is 9.70. The van der Waals surface area contributed by atoms with Gasteiger partial charge in [0.2, 0.25) is 17.7 Å². The fourth-order valence-electron chi connectivity index (χ4n) is 8.00. The summed E-state index contributed by atoms with van der Waals surface area (Å²) in [6.07, 6.45) is 3.42. The number of allylic oxidation sites excluding steroid dienone is 1. The van der Waals surface area contributed by atoms with Crippen molar-refractivity contribution >= 4 is 50.7 Å². The van der Waals surface area contributed by atoms with Crippen LogP contribution >= 0.6 is 15.9 Å². The molecule has 52 heavy (non-hydrogen) atoms. The van der Waals surface area contributed by atoms with Gasteiger partial charge < -0.3 is 29.7 Å². The van der Waals surface area contributed by atoms with E-state index < -0.39 is 72.0 Å². The summed E-state index contributed by atoms with van der Waals surface area (Å²) in [5, 5.41) is 22.2. The second-order valence-corrected chi connectivity index (χ2v) is 15.1. The molecular weight excluding hydrogens is 732 g/mol. The molecule has 13 nitrogen and oxygen atoms in total. The second kappa shape index (κ2) is 15.7. The summed E-state index contributed by atoms with van der Waals surface area (Å²) < 4.78 is 13.9. The van der Waals surface area contributed by atoms with Crippen molar-refractivity contribution in [3.05, 3.63) is 85.5 Å². The Bertz CT molecular complexity index is 1820. The van der Waals surface area contributed by atoms with E-state index in [0.717, 1.165) is 11.1 Å². The summed E-state index contributed by atoms with van der Waals surface area (Å²) in [6.45, 7) is 10.9. The van der Waals surface area contributed by atoms with Crippen LogP contribution in [0.25, 0.3) is 11.0 Å². The van der Waals surface area contributed by atoms with Crippen LogP contribution in [0.5, 0.6) is 0 Å². The van der Waals surface area contributed by atoms with Crippen molar-refractivity contribution in [2.45, 2.75) is 74.4 Å². The molecule has 1 unspecified atom stereocenters. The molecule has 0 aliphatic carbocycles. The molecule has 8 atom stereocenters. The van der Waals surface area contributed by atoms with Crippen LogP contribution in [-0.2, 0) is 35.3 Å². The zero-order chi connectivity index (χ0) is 37.2. The SMILES string of the molecule is C=CCCC(=O)OC[C@@H](NC(=O)[C@H]1[C@@H]2O[C@@]3(CC2Br)[C@@H]1C(=O)N([C@@H](CO)C(C)C)[C@@H]3C(=O)N(CC=C)Cn1nnc2ccccc21)c1ccccc1. The molecule has 3 aliphatic heterocycles. The predicted octanol–water partition coefficient (Wildman–Crippen LogP) is 3.54. The van der Waals surface area contributed by atoms with Crippen LogP contribution in [0.4, 0.5) is 0 Å². The highest BCUT2D eigenvalue weighted by Crippen LogP contribution is 2.60. The number of nitrogens with zero attached hydrogens (tertiary/aromatic N) is 5. The number of fused-ring (bicyclic) bond motifs is 2. The molecule has 6 rings (SSSR count). The number of hydrogen-bond donors (Lipinski definition) is 2. The molecule has 0 saturated carbocycles. The number of rotatable bonds is 16. The number of benzene rings is 2. The summed E-state index contributed by atoms with van der Waals surface area (Å²) in [4.78, 5) is 59.4. The lowest BCUT2D eigenvalue weighted by Crippen LogP contribution is -2.60. The van der Waals surface area contributed by atoms with Crippen LogP contribution < -0.4 is 5.32 Å². The Balaban J connectivity index is 1.35. The number of carbonyl (C=O) groups is 4. The molecule has 3 aliphatic rings. The molecular formula is C38H45BrN6O7. The average molecular weight is 778 g/mol. The fourth-order valence-corrected chi connectivity index (χ4v) is 8.94. The lowest BCUT2D eigenvalue weighted by molar-refractivity contribution is -0.153. The molecule has 3 aromatic rings. The van der Waals surface area contributed by atoms with E-state index in [2.05, 4.69) is 44.7 Å². The van der Waals surface area contributed by atoms with Gasteiger partial charge in [0, 0.05) is 17.8 Å². The van der Waals surface area contributed by atoms with Crippen LogP contribution in [0.1, 0.15) is 44.7 Å². The first-order valence-electron chi connectivity index (χ1n) is 17.6. The van der Waals surface area contributed by atoms with Gasteiger partial charge in [-0.05, 0) is 36.5 Å². The third kappa shape index (κ3) is 6.79. The Kier molecular flexibility index (Phi) is 11.3. The Morgan fingerprint density at radius 2 is 1.88 bits per heavy atom. The number of aromatic nitrogens is 3. The largest absolute Gasteiger partial charge is 0.463 e. The number of alkyl halides is 1. The maximum atomic E-state index is 15.0. The van der Waals surface area contributed by atoms with Crippen molar-refractivity contribution in [3.8, 4) is 0 Å². The minimum atomic E-state index is -1.37. The molecule has 3 fully saturated rings. The molecule has 2 aromatic carbocycles. The van der Waals surface area contributed by atoms with E-state index in [1.165, 1.54) is 4.90 Å². The normalized spacial score (nSPS) is 25.9. The van der Waals surface area contributed by atoms with Crippen LogP contribution in [0.15, 0.2) is 79.9 Å². The van der Waals surface area contributed by atoms with Crippen LogP contribution in [-0.4, -0.2) is 102 Å². The van der Waals surface area contributed by atoms with Gasteiger partial charge in [0.15, 0.2) is 0 Å². The summed E-state index contributed by atoms with van der Waals surface area (Å²) in [5.74, 6) is -3.94. The Morgan fingerprint density at radius 3 is 2.58 bits per heavy atom. The number of amides is 3. The van der Waals surface area contributed by atoms with Crippen molar-refractivity contribution < 1.29 is 33.8 Å². The Labute approximate surface area is 311 Å². The fraction of sp³-hybridized carbons (Fsp3) is 0.474. The minimum absolute atomic E-state index is 0.0193. The number of hydrogen-bond acceptors (Lipinski definition) is 9. The van der Waals surface area contributed by atoms with Gasteiger partial charge in [-0.25, -0.2) is 4.68 Å². The predicted molar refractivity (Wildman–Crippen MR) is 195 cm³/mol. The topological polar surface area (TPSA) is 156 Å². The quantitative estimate of drug-likeness (QED) is 0.126. The summed E-state index contributed by atoms with van der Waals surface area (Å²) >= 11 is 3.74. The van der Waals surface area contributed by atoms with Crippen molar-refractivity contribution in [1.29, 1.82) is 0 Å². The molecule has 2 bridgehead atoms. The monoisotopic (exact) mass is 776 g/mol. The summed E-state index contributed by atoms with van der Waals surface area (Å²) in [5.41, 5.74) is 0.735. The first-order valence-corrected chi connectivity index (χ1v) is 18.5. The molecule has 3 saturated heterocycles. The van der Waals surface area contributed by atoms with Gasteiger partial charge in [-0.3, -0.25) is 19.2 Å². The van der Waals surface area contributed by atoms with E-state index in [4.69, 9.17) is 9.47 Å². The van der Waals surface area contributed by atoms with Gasteiger partial charge in [-0.15, -0.1) is 18.3 Å². The highest BCUT2D eigenvalue weighted by molar-refractivity contribution is 9.09. The molecule has 0 radical (unpaired) electrons. The Hall–Kier alpha value is -4.40. The number of esters is 1. The molecule has 276 valence electrons. The van der Waals surface area contributed by atoms with Crippen molar-refractivity contribution in [2.24, 2.45) is 17.8 Å². The lowest BCUT2D eigenvalue weighted by Gasteiger charge is -2.40. The number of nitrogens with one attached hydrogen (secondary N) is 1. The first kappa shape index (κ1) is 37.4. The second-order valence-electron chi connectivity index (χ2n) is 14.0. The zero-order valence-electron chi connectivity index (χ0n) is 29.3. The van der Waals surface area contributed by atoms with E-state index in [-0.39, 0.29) is 43.4 Å². The molecule has 14 heteroatoms. The van der Waals surface area contributed by atoms with Crippen molar-refractivity contribution in [1.82, 2.24) is 30.1 Å². The molecule has 4 heterocycles. The number of carbonyl (C=O) groups excluding carboxylic acids is 4. The minimum Gasteiger partial charge on any atom is -0.463 e. The summed E-state index contributed by atoms with van der Waals surface area (Å²) in [7, 11) is 0. The van der Waals surface area contributed by atoms with Gasteiger partial charge in [0.1, 0.15) is 30.4 Å². The molecule has 3 amide bonds. The van der Waals surface area contributed by atoms with E-state index in [9.17, 15) is 24.3 Å². The number of para-hydroxylation sites is 1. The first-order chi connectivity index (χ1) is 25.1. The van der Waals surface area contributed by atoms with Crippen LogP contribution in [0.2, 0.25) is 0 Å². The third-order valence-electron chi connectivity index (χ3n) is 10.4. The van der Waals surface area contributed by atoms with E-state index in [1.54, 1.807) is 21.7 Å². The number of ether oxygens (including phenoxy) is 2. The van der Waals surface area contributed by atoms with Gasteiger partial charge in [-0.1, -0.05) is 89.6 Å². The standard InChI is InChI=1S/C38H45BrN6O7/c1-5-7-17-30(47)51-21-27(24-13-9-8-10-14-24)40-35(48)31-32-36(49)45(29(20-46)23(3)4)34(38(32)19-25(39)33(31)52-38)37(50)43(18-6-2)22-44-28-16-12-11-15-26(28)41-42-44/h5-6,8-16,23,25,27,29,31-34,46H,1-2,7,17-22H2,3-4H3,(H,40,48)/t25?,27-,29+,31-,32+,33-,34-,38+/m1/s1. The highest BCUT2D eigenvalue weighted by Gasteiger charge is 2.77. The van der Waals surface area contributed by atoms with Gasteiger partial charge in [0.25, 0.3) is 0 Å². The number of aliphatic hydroxyl groups excluding tert-OH is 1. The smallest absolute Gasteiger partial charge is 0.306 e. The number of likely N-dealkylation sites (tertiary alicyclic amines) is 1. The Morgan fingerprint density at radius 1 is 1.15 bits per heavy atom. The molecule has 1 aromatic heterocycles. The van der Waals surface area contributed by atoms with E-state index >= 15 is 0 Å². The maximum absolute atomic E-state index is 15.0. The average Bonchev–Trinajstić information content (AvgIpc) is 3.86. The van der Waals surface area contributed by atoms with Gasteiger partial charge >= 0.3 is 5.97 Å².